The van der Waals surface area contributed by atoms with Crippen molar-refractivity contribution in [1.82, 2.24) is 9.13 Å². The molecule has 0 spiro atoms. The summed E-state index contributed by atoms with van der Waals surface area (Å²) in [4.78, 5) is 24.1. The average molecular weight is 268 g/mol. The van der Waals surface area contributed by atoms with Crippen LogP contribution in [0.2, 0.25) is 0 Å². The molecule has 0 saturated heterocycles. The van der Waals surface area contributed by atoms with Gasteiger partial charge in [-0.05, 0) is 19.8 Å². The van der Waals surface area contributed by atoms with Crippen molar-refractivity contribution in [3.63, 3.8) is 0 Å². The molecule has 0 fully saturated rings. The van der Waals surface area contributed by atoms with Crippen LogP contribution in [0.3, 0.4) is 0 Å². The van der Waals surface area contributed by atoms with Crippen molar-refractivity contribution in [2.45, 2.75) is 52.6 Å². The van der Waals surface area contributed by atoms with Gasteiger partial charge in [-0.1, -0.05) is 20.3 Å². The predicted octanol–water partition coefficient (Wildman–Crippen LogP) is 1.14. The zero-order chi connectivity index (χ0) is 14.6. The highest BCUT2D eigenvalue weighted by molar-refractivity contribution is 5.61. The van der Waals surface area contributed by atoms with Gasteiger partial charge in [-0.15, -0.1) is 0 Å². The third-order valence-corrected chi connectivity index (χ3v) is 3.14. The Hall–Kier alpha value is -1.72. The fraction of sp³-hybridized carbons (Fsp3) is 0.692. The predicted molar refractivity (Wildman–Crippen MR) is 78.6 cm³/mol. The number of aromatic nitrogens is 2. The lowest BCUT2D eigenvalue weighted by molar-refractivity contribution is 0.597. The van der Waals surface area contributed by atoms with Crippen LogP contribution in [0.25, 0.3) is 0 Å². The van der Waals surface area contributed by atoms with Gasteiger partial charge in [-0.25, -0.2) is 4.79 Å². The van der Waals surface area contributed by atoms with Crippen LogP contribution in [-0.4, -0.2) is 15.2 Å². The van der Waals surface area contributed by atoms with Crippen LogP contribution in [-0.2, 0) is 13.6 Å². The van der Waals surface area contributed by atoms with Gasteiger partial charge < -0.3 is 11.1 Å². The molecule has 1 unspecified atom stereocenters. The molecule has 0 aliphatic rings. The van der Waals surface area contributed by atoms with Crippen LogP contribution in [0.5, 0.6) is 0 Å². The van der Waals surface area contributed by atoms with Gasteiger partial charge in [0.2, 0.25) is 0 Å². The first-order valence-electron chi connectivity index (χ1n) is 6.79. The van der Waals surface area contributed by atoms with E-state index in [0.717, 1.165) is 23.8 Å². The van der Waals surface area contributed by atoms with Gasteiger partial charge in [0.05, 0.1) is 0 Å². The molecule has 0 amide bonds. The average Bonchev–Trinajstić information content (AvgIpc) is 2.38. The van der Waals surface area contributed by atoms with E-state index in [2.05, 4.69) is 12.2 Å². The molecule has 1 aromatic heterocycles. The van der Waals surface area contributed by atoms with Gasteiger partial charge in [0.1, 0.15) is 11.5 Å². The number of anilines is 2. The largest absolute Gasteiger partial charge is 0.383 e. The summed E-state index contributed by atoms with van der Waals surface area (Å²) >= 11 is 0. The SMILES string of the molecule is CCCC(C)Nc1c(N)n(CCC)c(=O)n(C)c1=O. The Bertz CT molecular complexity index is 545. The van der Waals surface area contributed by atoms with Gasteiger partial charge in [-0.3, -0.25) is 13.9 Å². The van der Waals surface area contributed by atoms with Crippen molar-refractivity contribution in [3.8, 4) is 0 Å². The van der Waals surface area contributed by atoms with Crippen LogP contribution >= 0.6 is 0 Å². The van der Waals surface area contributed by atoms with Gasteiger partial charge in [-0.2, -0.15) is 0 Å². The summed E-state index contributed by atoms with van der Waals surface area (Å²) < 4.78 is 2.55. The Kier molecular flexibility index (Phi) is 5.20. The summed E-state index contributed by atoms with van der Waals surface area (Å²) in [5.41, 5.74) is 5.58. The van der Waals surface area contributed by atoms with E-state index in [1.165, 1.54) is 11.6 Å². The highest BCUT2D eigenvalue weighted by atomic mass is 16.2. The standard InChI is InChI=1S/C13H24N4O2/c1-5-7-9(3)15-10-11(14)17(8-6-2)13(19)16(4)12(10)18/h9,15H,5-8,14H2,1-4H3. The molecule has 0 bridgehead atoms. The molecule has 0 radical (unpaired) electrons. The van der Waals surface area contributed by atoms with E-state index < -0.39 is 0 Å². The van der Waals surface area contributed by atoms with E-state index in [-0.39, 0.29) is 23.1 Å². The minimum Gasteiger partial charge on any atom is -0.383 e. The van der Waals surface area contributed by atoms with Gasteiger partial charge in [0, 0.05) is 19.6 Å². The monoisotopic (exact) mass is 268 g/mol. The molecule has 1 heterocycles. The smallest absolute Gasteiger partial charge is 0.332 e. The second kappa shape index (κ2) is 6.45. The van der Waals surface area contributed by atoms with Crippen LogP contribution < -0.4 is 22.3 Å². The topological polar surface area (TPSA) is 82.0 Å². The maximum Gasteiger partial charge on any atom is 0.332 e. The zero-order valence-electron chi connectivity index (χ0n) is 12.2. The van der Waals surface area contributed by atoms with Crippen molar-refractivity contribution < 1.29 is 0 Å². The summed E-state index contributed by atoms with van der Waals surface area (Å²) in [6.45, 7) is 6.55. The van der Waals surface area contributed by atoms with E-state index in [0.29, 0.717) is 12.2 Å². The summed E-state index contributed by atoms with van der Waals surface area (Å²) in [5.74, 6) is 0.234. The number of hydrogen-bond acceptors (Lipinski definition) is 4. The second-order valence-electron chi connectivity index (χ2n) is 4.89. The first-order chi connectivity index (χ1) is 8.93. The minimum absolute atomic E-state index is 0.146. The molecule has 6 heteroatoms. The third kappa shape index (κ3) is 3.19. The van der Waals surface area contributed by atoms with Crippen LogP contribution in [0.15, 0.2) is 9.59 Å². The first kappa shape index (κ1) is 15.3. The molecule has 0 saturated carbocycles. The van der Waals surface area contributed by atoms with E-state index in [1.54, 1.807) is 0 Å². The summed E-state index contributed by atoms with van der Waals surface area (Å²) in [7, 11) is 1.48. The van der Waals surface area contributed by atoms with Crippen molar-refractivity contribution >= 4 is 11.5 Å². The molecule has 1 rings (SSSR count). The van der Waals surface area contributed by atoms with Gasteiger partial charge >= 0.3 is 5.69 Å². The molecule has 19 heavy (non-hydrogen) atoms. The Balaban J connectivity index is 3.31. The molecular weight excluding hydrogens is 244 g/mol. The number of rotatable bonds is 6. The molecule has 0 aliphatic carbocycles. The first-order valence-corrected chi connectivity index (χ1v) is 6.79. The highest BCUT2D eigenvalue weighted by Gasteiger charge is 2.16. The minimum atomic E-state index is -0.363. The number of nitrogens with zero attached hydrogens (tertiary/aromatic N) is 2. The summed E-state index contributed by atoms with van der Waals surface area (Å²) in [6.07, 6.45) is 2.74. The molecule has 1 atom stereocenters. The molecule has 0 aromatic carbocycles. The van der Waals surface area contributed by atoms with E-state index in [4.69, 9.17) is 5.73 Å². The zero-order valence-corrected chi connectivity index (χ0v) is 12.2. The van der Waals surface area contributed by atoms with E-state index in [9.17, 15) is 9.59 Å². The van der Waals surface area contributed by atoms with Crippen molar-refractivity contribution in [3.05, 3.63) is 20.8 Å². The number of nitrogen functional groups attached to an aromatic ring is 1. The Labute approximate surface area is 113 Å². The van der Waals surface area contributed by atoms with Crippen molar-refractivity contribution in [2.24, 2.45) is 7.05 Å². The van der Waals surface area contributed by atoms with Crippen LogP contribution in [0, 0.1) is 0 Å². The molecule has 0 aliphatic heterocycles. The highest BCUT2D eigenvalue weighted by Crippen LogP contribution is 2.13. The maximum atomic E-state index is 12.1. The maximum absolute atomic E-state index is 12.1. The lowest BCUT2D eigenvalue weighted by Gasteiger charge is -2.19. The third-order valence-electron chi connectivity index (χ3n) is 3.14. The van der Waals surface area contributed by atoms with Crippen molar-refractivity contribution in [2.75, 3.05) is 11.1 Å². The lowest BCUT2D eigenvalue weighted by Crippen LogP contribution is -2.41. The number of nitrogens with two attached hydrogens (primary N) is 1. The molecule has 108 valence electrons. The molecule has 1 aromatic rings. The molecule has 6 nitrogen and oxygen atoms in total. The Morgan fingerprint density at radius 1 is 1.26 bits per heavy atom. The number of nitrogens with one attached hydrogen (secondary N) is 1. The lowest BCUT2D eigenvalue weighted by atomic mass is 10.2. The quantitative estimate of drug-likeness (QED) is 0.810. The van der Waals surface area contributed by atoms with E-state index in [1.807, 2.05) is 13.8 Å². The molecular formula is C13H24N4O2. The fourth-order valence-corrected chi connectivity index (χ4v) is 2.11. The fourth-order valence-electron chi connectivity index (χ4n) is 2.11. The number of hydrogen-bond donors (Lipinski definition) is 2. The Morgan fingerprint density at radius 2 is 1.89 bits per heavy atom. The van der Waals surface area contributed by atoms with Crippen LogP contribution in [0.1, 0.15) is 40.0 Å². The van der Waals surface area contributed by atoms with E-state index >= 15 is 0 Å². The second-order valence-corrected chi connectivity index (χ2v) is 4.89. The normalized spacial score (nSPS) is 12.4. The Morgan fingerprint density at radius 3 is 2.42 bits per heavy atom. The molecule has 3 N–H and O–H groups in total. The van der Waals surface area contributed by atoms with Crippen LogP contribution in [0.4, 0.5) is 11.5 Å². The summed E-state index contributed by atoms with van der Waals surface area (Å²) in [5, 5.41) is 3.13. The van der Waals surface area contributed by atoms with Gasteiger partial charge in [0.15, 0.2) is 0 Å². The van der Waals surface area contributed by atoms with Crippen molar-refractivity contribution in [1.29, 1.82) is 0 Å². The van der Waals surface area contributed by atoms with Gasteiger partial charge in [0.25, 0.3) is 5.56 Å². The summed E-state index contributed by atoms with van der Waals surface area (Å²) in [6, 6.07) is 0.146.